The average Bonchev–Trinajstić information content (AvgIpc) is 2.79. The summed E-state index contributed by atoms with van der Waals surface area (Å²) in [4.78, 5) is 2.51. The molecule has 0 radical (unpaired) electrons. The Balaban J connectivity index is 1.81. The maximum Gasteiger partial charge on any atom is 0.0441 e. The fraction of sp³-hybridized carbons (Fsp3) is 1.00. The van der Waals surface area contributed by atoms with Gasteiger partial charge in [-0.1, -0.05) is 6.92 Å². The second kappa shape index (κ2) is 2.71. The molecule has 0 spiro atoms. The molecule has 0 aromatic heterocycles. The van der Waals surface area contributed by atoms with E-state index in [0.29, 0.717) is 0 Å². The quantitative estimate of drug-likeness (QED) is 0.686. The van der Waals surface area contributed by atoms with Crippen LogP contribution in [0.3, 0.4) is 0 Å². The maximum atomic E-state index is 6.25. The summed E-state index contributed by atoms with van der Waals surface area (Å²) < 4.78 is 0. The predicted molar refractivity (Wildman–Crippen MR) is 51.0 cm³/mol. The number of nitrogens with zero attached hydrogens (tertiary/aromatic N) is 1. The molecule has 2 N–H and O–H groups in total. The van der Waals surface area contributed by atoms with Crippen LogP contribution in [0.15, 0.2) is 0 Å². The third-order valence-corrected chi connectivity index (χ3v) is 3.60. The topological polar surface area (TPSA) is 29.3 Å². The van der Waals surface area contributed by atoms with Crippen molar-refractivity contribution in [1.29, 1.82) is 0 Å². The molecule has 2 nitrogen and oxygen atoms in total. The lowest BCUT2D eigenvalue weighted by atomic mass is 9.84. The van der Waals surface area contributed by atoms with Crippen LogP contribution in [-0.2, 0) is 0 Å². The first kappa shape index (κ1) is 8.52. The summed E-state index contributed by atoms with van der Waals surface area (Å²) in [5.41, 5.74) is 6.46. The summed E-state index contributed by atoms with van der Waals surface area (Å²) >= 11 is 0. The number of hydrogen-bond donors (Lipinski definition) is 1. The molecule has 2 rings (SSSR count). The second-order valence-electron chi connectivity index (χ2n) is 4.67. The number of rotatable bonds is 3. The molecule has 1 aliphatic carbocycles. The van der Waals surface area contributed by atoms with Gasteiger partial charge in [-0.15, -0.1) is 0 Å². The second-order valence-corrected chi connectivity index (χ2v) is 4.67. The molecular formula is C10H20N2. The van der Waals surface area contributed by atoms with Gasteiger partial charge in [0.1, 0.15) is 0 Å². The van der Waals surface area contributed by atoms with Crippen molar-refractivity contribution in [1.82, 2.24) is 4.90 Å². The number of hydrogen-bond acceptors (Lipinski definition) is 2. The van der Waals surface area contributed by atoms with Gasteiger partial charge >= 0.3 is 0 Å². The Hall–Kier alpha value is -0.0800. The Kier molecular flexibility index (Phi) is 1.92. The van der Waals surface area contributed by atoms with E-state index in [2.05, 4.69) is 18.7 Å². The van der Waals surface area contributed by atoms with Crippen molar-refractivity contribution < 1.29 is 0 Å². The Morgan fingerprint density at radius 2 is 2.08 bits per heavy atom. The average molecular weight is 168 g/mol. The first-order chi connectivity index (χ1) is 5.65. The Morgan fingerprint density at radius 1 is 1.50 bits per heavy atom. The SMILES string of the molecule is CCC(C)N1CC(N)(C2CC2)C1. The Bertz CT molecular complexity index is 169. The van der Waals surface area contributed by atoms with Crippen LogP contribution in [0.2, 0.25) is 0 Å². The van der Waals surface area contributed by atoms with E-state index in [4.69, 9.17) is 5.73 Å². The van der Waals surface area contributed by atoms with Gasteiger partial charge in [-0.25, -0.2) is 0 Å². The van der Waals surface area contributed by atoms with Gasteiger partial charge in [0.2, 0.25) is 0 Å². The number of nitrogens with two attached hydrogens (primary N) is 1. The standard InChI is InChI=1S/C10H20N2/c1-3-8(2)12-6-10(11,7-12)9-4-5-9/h8-9H,3-7,11H2,1-2H3. The number of likely N-dealkylation sites (tertiary alicyclic amines) is 1. The van der Waals surface area contributed by atoms with Gasteiger partial charge in [-0.05, 0) is 32.1 Å². The van der Waals surface area contributed by atoms with E-state index in [1.54, 1.807) is 0 Å². The summed E-state index contributed by atoms with van der Waals surface area (Å²) in [6.45, 7) is 6.84. The van der Waals surface area contributed by atoms with E-state index in [0.717, 1.165) is 25.0 Å². The summed E-state index contributed by atoms with van der Waals surface area (Å²) in [6, 6.07) is 0.737. The molecule has 1 aliphatic heterocycles. The van der Waals surface area contributed by atoms with Gasteiger partial charge < -0.3 is 5.73 Å². The van der Waals surface area contributed by atoms with E-state index >= 15 is 0 Å². The highest BCUT2D eigenvalue weighted by Crippen LogP contribution is 2.43. The molecule has 2 heteroatoms. The lowest BCUT2D eigenvalue weighted by Crippen LogP contribution is -2.70. The minimum absolute atomic E-state index is 0.212. The summed E-state index contributed by atoms with van der Waals surface area (Å²) in [5.74, 6) is 0.859. The molecule has 0 bridgehead atoms. The van der Waals surface area contributed by atoms with Crippen molar-refractivity contribution in [3.8, 4) is 0 Å². The van der Waals surface area contributed by atoms with Gasteiger partial charge in [0, 0.05) is 24.7 Å². The monoisotopic (exact) mass is 168 g/mol. The van der Waals surface area contributed by atoms with E-state index in [-0.39, 0.29) is 5.54 Å². The molecule has 70 valence electrons. The van der Waals surface area contributed by atoms with Gasteiger partial charge in [0.25, 0.3) is 0 Å². The predicted octanol–water partition coefficient (Wildman–Crippen LogP) is 1.21. The first-order valence-electron chi connectivity index (χ1n) is 5.18. The molecule has 2 fully saturated rings. The third kappa shape index (κ3) is 1.27. The van der Waals surface area contributed by atoms with Crippen molar-refractivity contribution in [2.24, 2.45) is 11.7 Å². The van der Waals surface area contributed by atoms with Crippen LogP contribution in [0.25, 0.3) is 0 Å². The van der Waals surface area contributed by atoms with Crippen LogP contribution in [0.5, 0.6) is 0 Å². The van der Waals surface area contributed by atoms with Crippen LogP contribution < -0.4 is 5.73 Å². The minimum Gasteiger partial charge on any atom is -0.323 e. The molecule has 1 unspecified atom stereocenters. The molecule has 1 atom stereocenters. The van der Waals surface area contributed by atoms with Crippen LogP contribution in [0.1, 0.15) is 33.1 Å². The lowest BCUT2D eigenvalue weighted by Gasteiger charge is -2.51. The van der Waals surface area contributed by atoms with Gasteiger partial charge in [0.05, 0.1) is 0 Å². The van der Waals surface area contributed by atoms with Crippen molar-refractivity contribution >= 4 is 0 Å². The minimum atomic E-state index is 0.212. The van der Waals surface area contributed by atoms with Crippen LogP contribution in [0.4, 0.5) is 0 Å². The smallest absolute Gasteiger partial charge is 0.0441 e. The van der Waals surface area contributed by atoms with E-state index in [1.165, 1.54) is 19.3 Å². The van der Waals surface area contributed by atoms with E-state index in [1.807, 2.05) is 0 Å². The highest BCUT2D eigenvalue weighted by molar-refractivity contribution is 5.09. The van der Waals surface area contributed by atoms with Gasteiger partial charge in [0.15, 0.2) is 0 Å². The maximum absolute atomic E-state index is 6.25. The van der Waals surface area contributed by atoms with Gasteiger partial charge in [-0.2, -0.15) is 0 Å². The highest BCUT2D eigenvalue weighted by atomic mass is 15.3. The molecule has 1 saturated heterocycles. The molecular weight excluding hydrogens is 148 g/mol. The van der Waals surface area contributed by atoms with Crippen molar-refractivity contribution in [2.45, 2.75) is 44.7 Å². The summed E-state index contributed by atoms with van der Waals surface area (Å²) in [5, 5.41) is 0. The third-order valence-electron chi connectivity index (χ3n) is 3.60. The van der Waals surface area contributed by atoms with Crippen LogP contribution >= 0.6 is 0 Å². The fourth-order valence-corrected chi connectivity index (χ4v) is 2.20. The normalized spacial score (nSPS) is 31.2. The molecule has 0 aromatic rings. The molecule has 2 aliphatic rings. The Labute approximate surface area is 75.1 Å². The molecule has 12 heavy (non-hydrogen) atoms. The van der Waals surface area contributed by atoms with Crippen molar-refractivity contribution in [3.05, 3.63) is 0 Å². The zero-order valence-corrected chi connectivity index (χ0v) is 8.21. The molecule has 1 heterocycles. The van der Waals surface area contributed by atoms with Crippen molar-refractivity contribution in [2.75, 3.05) is 13.1 Å². The van der Waals surface area contributed by atoms with E-state index < -0.39 is 0 Å². The molecule has 0 amide bonds. The van der Waals surface area contributed by atoms with E-state index in [9.17, 15) is 0 Å². The largest absolute Gasteiger partial charge is 0.323 e. The fourth-order valence-electron chi connectivity index (χ4n) is 2.20. The zero-order valence-electron chi connectivity index (χ0n) is 8.21. The lowest BCUT2D eigenvalue weighted by molar-refractivity contribution is 0.0210. The van der Waals surface area contributed by atoms with Gasteiger partial charge in [-0.3, -0.25) is 4.90 Å². The first-order valence-corrected chi connectivity index (χ1v) is 5.18. The Morgan fingerprint density at radius 3 is 2.50 bits per heavy atom. The highest BCUT2D eigenvalue weighted by Gasteiger charge is 2.50. The molecule has 1 saturated carbocycles. The summed E-state index contributed by atoms with van der Waals surface area (Å²) in [7, 11) is 0. The van der Waals surface area contributed by atoms with Crippen LogP contribution in [0, 0.1) is 5.92 Å². The zero-order chi connectivity index (χ0) is 8.77. The van der Waals surface area contributed by atoms with Crippen molar-refractivity contribution in [3.63, 3.8) is 0 Å². The molecule has 0 aromatic carbocycles. The van der Waals surface area contributed by atoms with Crippen LogP contribution in [-0.4, -0.2) is 29.6 Å². The summed E-state index contributed by atoms with van der Waals surface area (Å²) in [6.07, 6.45) is 4.01.